The molecule has 0 radical (unpaired) electrons. The molecule has 0 bridgehead atoms. The largest absolute Gasteiger partial charge is 0.480 e. The van der Waals surface area contributed by atoms with E-state index in [2.05, 4.69) is 0 Å². The molecule has 0 saturated carbocycles. The highest BCUT2D eigenvalue weighted by molar-refractivity contribution is 7.89. The fourth-order valence-electron chi connectivity index (χ4n) is 1.24. The predicted octanol–water partition coefficient (Wildman–Crippen LogP) is 1.60. The van der Waals surface area contributed by atoms with Crippen LogP contribution in [0.3, 0.4) is 0 Å². The number of alkyl halides is 3. The average molecular weight is 315 g/mol. The van der Waals surface area contributed by atoms with Crippen molar-refractivity contribution in [3.8, 4) is 0 Å². The van der Waals surface area contributed by atoms with Crippen molar-refractivity contribution in [2.75, 3.05) is 0 Å². The van der Waals surface area contributed by atoms with Crippen molar-refractivity contribution in [2.45, 2.75) is 24.0 Å². The molecule has 0 fully saturated rings. The van der Waals surface area contributed by atoms with Crippen LogP contribution in [0.25, 0.3) is 0 Å². The summed E-state index contributed by atoms with van der Waals surface area (Å²) in [5.41, 5.74) is -1.35. The fraction of sp³-hybridized carbons (Fsp3) is 0.300. The van der Waals surface area contributed by atoms with Crippen LogP contribution in [0.5, 0.6) is 0 Å². The van der Waals surface area contributed by atoms with E-state index < -0.39 is 44.5 Å². The Bertz CT molecular complexity index is 627. The number of carbonyl (C=O) groups is 1. The highest BCUT2D eigenvalue weighted by atomic mass is 32.2. The minimum atomic E-state index is -4.81. The van der Waals surface area contributed by atoms with Crippen LogP contribution >= 0.6 is 0 Å². The Morgan fingerprint density at radius 2 is 1.90 bits per heavy atom. The van der Waals surface area contributed by atoms with Crippen molar-refractivity contribution in [2.24, 2.45) is 0 Å². The summed E-state index contributed by atoms with van der Waals surface area (Å²) >= 11 is 0. The predicted molar refractivity (Wildman–Crippen MR) is 58.8 cm³/mol. The lowest BCUT2D eigenvalue weighted by Crippen LogP contribution is -2.38. The number of carboxylic acids is 1. The highest BCUT2D eigenvalue weighted by Crippen LogP contribution is 2.31. The van der Waals surface area contributed by atoms with Gasteiger partial charge in [0.15, 0.2) is 0 Å². The van der Waals surface area contributed by atoms with E-state index in [9.17, 15) is 30.8 Å². The first-order valence-electron chi connectivity index (χ1n) is 5.07. The number of aliphatic carboxylic acids is 1. The minimum Gasteiger partial charge on any atom is -0.480 e. The fourth-order valence-corrected chi connectivity index (χ4v) is 2.50. The second-order valence-corrected chi connectivity index (χ2v) is 5.51. The molecule has 0 aliphatic carbocycles. The Kier molecular flexibility index (Phi) is 4.39. The van der Waals surface area contributed by atoms with Gasteiger partial charge in [-0.05, 0) is 25.1 Å². The summed E-state index contributed by atoms with van der Waals surface area (Å²) in [6.45, 7) is 0.988. The summed E-state index contributed by atoms with van der Waals surface area (Å²) in [5.74, 6) is -3.13. The van der Waals surface area contributed by atoms with Gasteiger partial charge in [-0.2, -0.15) is 17.9 Å². The zero-order valence-electron chi connectivity index (χ0n) is 9.90. The van der Waals surface area contributed by atoms with Gasteiger partial charge in [0.25, 0.3) is 0 Å². The summed E-state index contributed by atoms with van der Waals surface area (Å²) < 4.78 is 75.3. The number of rotatable bonds is 4. The molecule has 0 saturated heterocycles. The molecule has 0 aliphatic heterocycles. The van der Waals surface area contributed by atoms with Gasteiger partial charge in [-0.15, -0.1) is 0 Å². The van der Waals surface area contributed by atoms with Gasteiger partial charge in [0, 0.05) is 0 Å². The van der Waals surface area contributed by atoms with Crippen LogP contribution in [0.1, 0.15) is 12.5 Å². The standard InChI is InChI=1S/C10H9F4NO4S/c1-5(9(16)17)15-20(18,19)8-3-2-6(4-7(8)11)10(12,13)14/h2-5,15H,1H3,(H,16,17)/t5-/m1/s1. The third-order valence-corrected chi connectivity index (χ3v) is 3.83. The normalized spacial score (nSPS) is 14.1. The molecule has 2 N–H and O–H groups in total. The summed E-state index contributed by atoms with van der Waals surface area (Å²) in [6, 6.07) is -0.709. The van der Waals surface area contributed by atoms with E-state index in [1.807, 2.05) is 0 Å². The zero-order valence-corrected chi connectivity index (χ0v) is 10.7. The third kappa shape index (κ3) is 3.67. The van der Waals surface area contributed by atoms with Crippen LogP contribution in [0.15, 0.2) is 23.1 Å². The van der Waals surface area contributed by atoms with Crippen molar-refractivity contribution in [1.82, 2.24) is 4.72 Å². The SMILES string of the molecule is C[C@@H](NS(=O)(=O)c1ccc(C(F)(F)F)cc1F)C(=O)O. The number of sulfonamides is 1. The van der Waals surface area contributed by atoms with Crippen molar-refractivity contribution in [1.29, 1.82) is 0 Å². The molecule has 5 nitrogen and oxygen atoms in total. The zero-order chi connectivity index (χ0) is 15.7. The van der Waals surface area contributed by atoms with Crippen molar-refractivity contribution >= 4 is 16.0 Å². The van der Waals surface area contributed by atoms with Crippen molar-refractivity contribution in [3.63, 3.8) is 0 Å². The first kappa shape index (κ1) is 16.4. The maximum Gasteiger partial charge on any atom is 0.416 e. The molecule has 1 rings (SSSR count). The molecule has 0 amide bonds. The monoisotopic (exact) mass is 315 g/mol. The quantitative estimate of drug-likeness (QED) is 0.827. The average Bonchev–Trinajstić information content (AvgIpc) is 2.26. The van der Waals surface area contributed by atoms with Gasteiger partial charge in [0.05, 0.1) is 5.56 Å². The van der Waals surface area contributed by atoms with Crippen LogP contribution in [0.4, 0.5) is 17.6 Å². The Balaban J connectivity index is 3.18. The molecule has 1 atom stereocenters. The van der Waals surface area contributed by atoms with E-state index in [0.29, 0.717) is 12.1 Å². The molecule has 0 unspecified atom stereocenters. The topological polar surface area (TPSA) is 83.5 Å². The first-order chi connectivity index (χ1) is 8.95. The van der Waals surface area contributed by atoms with Gasteiger partial charge in [0.1, 0.15) is 16.8 Å². The second kappa shape index (κ2) is 5.37. The van der Waals surface area contributed by atoms with Gasteiger partial charge < -0.3 is 5.11 Å². The van der Waals surface area contributed by atoms with Gasteiger partial charge >= 0.3 is 12.1 Å². The second-order valence-electron chi connectivity index (χ2n) is 3.82. The molecule has 1 aromatic rings. The summed E-state index contributed by atoms with van der Waals surface area (Å²) in [6.07, 6.45) is -4.81. The first-order valence-corrected chi connectivity index (χ1v) is 6.55. The van der Waals surface area contributed by atoms with Gasteiger partial charge in [-0.25, -0.2) is 12.8 Å². The van der Waals surface area contributed by atoms with Gasteiger partial charge in [-0.3, -0.25) is 4.79 Å². The van der Waals surface area contributed by atoms with Crippen molar-refractivity contribution in [3.05, 3.63) is 29.6 Å². The number of hydrogen-bond donors (Lipinski definition) is 2. The number of halogens is 4. The minimum absolute atomic E-state index is 0.0278. The van der Waals surface area contributed by atoms with E-state index in [1.165, 1.54) is 0 Å². The van der Waals surface area contributed by atoms with E-state index in [-0.39, 0.29) is 6.07 Å². The molecular weight excluding hydrogens is 306 g/mol. The lowest BCUT2D eigenvalue weighted by Gasteiger charge is -2.12. The number of benzene rings is 1. The number of hydrogen-bond acceptors (Lipinski definition) is 3. The van der Waals surface area contributed by atoms with Crippen molar-refractivity contribution < 1.29 is 35.9 Å². The smallest absolute Gasteiger partial charge is 0.416 e. The van der Waals surface area contributed by atoms with Crippen LogP contribution in [0, 0.1) is 5.82 Å². The van der Waals surface area contributed by atoms with Crippen LogP contribution in [0.2, 0.25) is 0 Å². The molecular formula is C10H9F4NO4S. The van der Waals surface area contributed by atoms with E-state index in [1.54, 1.807) is 4.72 Å². The lowest BCUT2D eigenvalue weighted by molar-refractivity contribution is -0.139. The lowest BCUT2D eigenvalue weighted by atomic mass is 10.2. The number of carboxylic acid groups (broad SMARTS) is 1. The van der Waals surface area contributed by atoms with Crippen LogP contribution < -0.4 is 4.72 Å². The molecule has 0 aliphatic rings. The molecule has 20 heavy (non-hydrogen) atoms. The van der Waals surface area contributed by atoms with Gasteiger partial charge in [-0.1, -0.05) is 0 Å². The summed E-state index contributed by atoms with van der Waals surface area (Å²) in [5, 5.41) is 8.54. The number of nitrogens with one attached hydrogen (secondary N) is 1. The maximum absolute atomic E-state index is 13.5. The van der Waals surface area contributed by atoms with E-state index in [4.69, 9.17) is 5.11 Å². The maximum atomic E-state index is 13.5. The third-order valence-electron chi connectivity index (χ3n) is 2.25. The van der Waals surface area contributed by atoms with E-state index >= 15 is 0 Å². The Morgan fingerprint density at radius 1 is 1.35 bits per heavy atom. The molecule has 10 heteroatoms. The van der Waals surface area contributed by atoms with Gasteiger partial charge in [0.2, 0.25) is 10.0 Å². The molecule has 0 heterocycles. The molecule has 0 spiro atoms. The molecule has 0 aromatic heterocycles. The summed E-state index contributed by atoms with van der Waals surface area (Å²) in [7, 11) is -4.57. The van der Waals surface area contributed by atoms with Crippen LogP contribution in [-0.4, -0.2) is 25.5 Å². The summed E-state index contributed by atoms with van der Waals surface area (Å²) in [4.78, 5) is 9.45. The highest BCUT2D eigenvalue weighted by Gasteiger charge is 2.33. The Hall–Kier alpha value is -1.68. The molecule has 1 aromatic carbocycles. The van der Waals surface area contributed by atoms with Crippen LogP contribution in [-0.2, 0) is 21.0 Å². The van der Waals surface area contributed by atoms with E-state index in [0.717, 1.165) is 6.92 Å². The molecule has 112 valence electrons. The Labute approximate surface area is 111 Å². The Morgan fingerprint density at radius 3 is 2.30 bits per heavy atom.